The highest BCUT2D eigenvalue weighted by molar-refractivity contribution is 5.75. The Hall–Kier alpha value is -2.34. The van der Waals surface area contributed by atoms with E-state index in [0.717, 1.165) is 35.4 Å². The summed E-state index contributed by atoms with van der Waals surface area (Å²) in [6, 6.07) is 6.16. The number of aromatic nitrogens is 4. The number of benzene rings is 1. The Bertz CT molecular complexity index is 740. The number of nitrogens with zero attached hydrogens (tertiary/aromatic N) is 1. The van der Waals surface area contributed by atoms with Crippen LogP contribution in [0.15, 0.2) is 35.4 Å². The molecule has 3 aromatic rings. The zero-order valence-corrected chi connectivity index (χ0v) is 11.2. The van der Waals surface area contributed by atoms with Crippen LogP contribution in [0.1, 0.15) is 24.4 Å². The van der Waals surface area contributed by atoms with Crippen molar-refractivity contribution in [2.24, 2.45) is 0 Å². The number of nitrogens with one attached hydrogen (secondary N) is 4. The summed E-state index contributed by atoms with van der Waals surface area (Å²) in [5.74, 6) is 0.982. The zero-order chi connectivity index (χ0) is 13.9. The lowest BCUT2D eigenvalue weighted by Gasteiger charge is -2.13. The van der Waals surface area contributed by atoms with Crippen molar-refractivity contribution in [2.45, 2.75) is 19.4 Å². The summed E-state index contributed by atoms with van der Waals surface area (Å²) in [6.45, 7) is 2.95. The quantitative estimate of drug-likeness (QED) is 0.566. The minimum absolute atomic E-state index is 0.171. The van der Waals surface area contributed by atoms with Gasteiger partial charge in [0.1, 0.15) is 5.82 Å². The van der Waals surface area contributed by atoms with Crippen molar-refractivity contribution in [3.05, 3.63) is 52.5 Å². The van der Waals surface area contributed by atoms with Gasteiger partial charge in [0, 0.05) is 31.4 Å². The number of fused-ring (bicyclic) bond motifs is 1. The molecule has 2 aromatic heterocycles. The molecule has 20 heavy (non-hydrogen) atoms. The lowest BCUT2D eigenvalue weighted by Crippen LogP contribution is -2.21. The number of imidazole rings is 2. The second-order valence-corrected chi connectivity index (χ2v) is 4.85. The molecule has 0 amide bonds. The maximum atomic E-state index is 11.2. The van der Waals surface area contributed by atoms with Crippen molar-refractivity contribution in [1.82, 2.24) is 25.3 Å². The second kappa shape index (κ2) is 5.34. The standard InChI is InChI=1S/C14H17N5O/c1-9(15-5-4-13-16-6-7-17-13)10-2-3-11-12(8-10)19-14(20)18-11/h2-3,6-9,15H,4-5H2,1H3,(H,16,17)(H2,18,19,20). The molecule has 2 heterocycles. The van der Waals surface area contributed by atoms with Gasteiger partial charge in [-0.15, -0.1) is 0 Å². The Morgan fingerprint density at radius 2 is 2.15 bits per heavy atom. The first kappa shape index (κ1) is 12.7. The number of H-pyrrole nitrogens is 3. The van der Waals surface area contributed by atoms with E-state index in [4.69, 9.17) is 0 Å². The van der Waals surface area contributed by atoms with E-state index in [1.807, 2.05) is 24.4 Å². The van der Waals surface area contributed by atoms with Gasteiger partial charge >= 0.3 is 5.69 Å². The Labute approximate surface area is 115 Å². The summed E-state index contributed by atoms with van der Waals surface area (Å²) in [5, 5.41) is 3.45. The SMILES string of the molecule is CC(NCCc1ncc[nH]1)c1ccc2[nH]c(=O)[nH]c2c1. The maximum absolute atomic E-state index is 11.2. The van der Waals surface area contributed by atoms with Crippen LogP contribution in [-0.2, 0) is 6.42 Å². The van der Waals surface area contributed by atoms with Crippen LogP contribution in [0.25, 0.3) is 11.0 Å². The molecule has 0 aliphatic heterocycles. The van der Waals surface area contributed by atoms with Gasteiger partial charge in [-0.05, 0) is 24.6 Å². The van der Waals surface area contributed by atoms with E-state index in [1.165, 1.54) is 0 Å². The molecule has 0 radical (unpaired) electrons. The molecule has 0 saturated carbocycles. The number of rotatable bonds is 5. The van der Waals surface area contributed by atoms with Crippen LogP contribution in [0.5, 0.6) is 0 Å². The Morgan fingerprint density at radius 1 is 1.30 bits per heavy atom. The highest BCUT2D eigenvalue weighted by Crippen LogP contribution is 2.16. The van der Waals surface area contributed by atoms with Crippen molar-refractivity contribution >= 4 is 11.0 Å². The predicted molar refractivity (Wildman–Crippen MR) is 77.6 cm³/mol. The Balaban J connectivity index is 1.65. The van der Waals surface area contributed by atoms with E-state index < -0.39 is 0 Å². The van der Waals surface area contributed by atoms with E-state index in [0.29, 0.717) is 0 Å². The van der Waals surface area contributed by atoms with Crippen LogP contribution in [0, 0.1) is 0 Å². The molecule has 6 nitrogen and oxygen atoms in total. The van der Waals surface area contributed by atoms with Crippen LogP contribution in [0.4, 0.5) is 0 Å². The predicted octanol–water partition coefficient (Wildman–Crippen LogP) is 1.47. The molecule has 0 fully saturated rings. The molecular formula is C14H17N5O. The van der Waals surface area contributed by atoms with Crippen LogP contribution in [0.2, 0.25) is 0 Å². The molecule has 0 saturated heterocycles. The van der Waals surface area contributed by atoms with E-state index in [2.05, 4.69) is 32.2 Å². The van der Waals surface area contributed by atoms with Gasteiger partial charge in [-0.3, -0.25) is 0 Å². The smallest absolute Gasteiger partial charge is 0.323 e. The van der Waals surface area contributed by atoms with Crippen molar-refractivity contribution in [1.29, 1.82) is 0 Å². The summed E-state index contributed by atoms with van der Waals surface area (Å²) >= 11 is 0. The summed E-state index contributed by atoms with van der Waals surface area (Å²) in [5.41, 5.74) is 2.65. The fourth-order valence-electron chi connectivity index (χ4n) is 2.28. The minimum Gasteiger partial charge on any atom is -0.349 e. The highest BCUT2D eigenvalue weighted by Gasteiger charge is 2.07. The van der Waals surface area contributed by atoms with Crippen molar-refractivity contribution in [3.63, 3.8) is 0 Å². The fraction of sp³-hybridized carbons (Fsp3) is 0.286. The molecule has 0 spiro atoms. The minimum atomic E-state index is -0.171. The van der Waals surface area contributed by atoms with Crippen LogP contribution < -0.4 is 11.0 Å². The van der Waals surface area contributed by atoms with Gasteiger partial charge in [0.25, 0.3) is 0 Å². The largest absolute Gasteiger partial charge is 0.349 e. The van der Waals surface area contributed by atoms with Gasteiger partial charge < -0.3 is 20.3 Å². The molecule has 1 aromatic carbocycles. The van der Waals surface area contributed by atoms with Gasteiger partial charge in [-0.25, -0.2) is 9.78 Å². The van der Waals surface area contributed by atoms with Gasteiger partial charge in [0.15, 0.2) is 0 Å². The number of aromatic amines is 3. The summed E-state index contributed by atoms with van der Waals surface area (Å²) < 4.78 is 0. The Morgan fingerprint density at radius 3 is 2.95 bits per heavy atom. The van der Waals surface area contributed by atoms with Crippen molar-refractivity contribution < 1.29 is 0 Å². The maximum Gasteiger partial charge on any atom is 0.323 e. The molecular weight excluding hydrogens is 254 g/mol. The molecule has 1 atom stereocenters. The Kier molecular flexibility index (Phi) is 3.39. The van der Waals surface area contributed by atoms with E-state index in [-0.39, 0.29) is 11.7 Å². The van der Waals surface area contributed by atoms with Crippen molar-refractivity contribution in [3.8, 4) is 0 Å². The van der Waals surface area contributed by atoms with Crippen LogP contribution in [-0.4, -0.2) is 26.5 Å². The summed E-state index contributed by atoms with van der Waals surface area (Å²) in [7, 11) is 0. The van der Waals surface area contributed by atoms with Crippen LogP contribution >= 0.6 is 0 Å². The topological polar surface area (TPSA) is 89.4 Å². The van der Waals surface area contributed by atoms with Gasteiger partial charge in [0.05, 0.1) is 11.0 Å². The zero-order valence-electron chi connectivity index (χ0n) is 11.2. The molecule has 1 unspecified atom stereocenters. The summed E-state index contributed by atoms with van der Waals surface area (Å²) in [4.78, 5) is 24.0. The first-order chi connectivity index (χ1) is 9.72. The molecule has 104 valence electrons. The second-order valence-electron chi connectivity index (χ2n) is 4.85. The average Bonchev–Trinajstić information content (AvgIpc) is 3.05. The molecule has 4 N–H and O–H groups in total. The van der Waals surface area contributed by atoms with Gasteiger partial charge in [-0.2, -0.15) is 0 Å². The molecule has 0 aliphatic rings. The first-order valence-corrected chi connectivity index (χ1v) is 6.66. The van der Waals surface area contributed by atoms with Crippen LogP contribution in [0.3, 0.4) is 0 Å². The highest BCUT2D eigenvalue weighted by atomic mass is 16.1. The molecule has 6 heteroatoms. The van der Waals surface area contributed by atoms with E-state index in [9.17, 15) is 4.79 Å². The normalized spacial score (nSPS) is 12.8. The third kappa shape index (κ3) is 2.65. The number of hydrogen-bond acceptors (Lipinski definition) is 3. The molecule has 3 rings (SSSR count). The first-order valence-electron chi connectivity index (χ1n) is 6.66. The number of hydrogen-bond donors (Lipinski definition) is 4. The van der Waals surface area contributed by atoms with E-state index >= 15 is 0 Å². The lowest BCUT2D eigenvalue weighted by atomic mass is 10.1. The summed E-state index contributed by atoms with van der Waals surface area (Å²) in [6.07, 6.45) is 4.45. The third-order valence-electron chi connectivity index (χ3n) is 3.41. The van der Waals surface area contributed by atoms with Crippen molar-refractivity contribution in [2.75, 3.05) is 6.54 Å². The van der Waals surface area contributed by atoms with Gasteiger partial charge in [-0.1, -0.05) is 6.07 Å². The molecule has 0 bridgehead atoms. The molecule has 0 aliphatic carbocycles. The van der Waals surface area contributed by atoms with E-state index in [1.54, 1.807) is 6.20 Å². The lowest BCUT2D eigenvalue weighted by molar-refractivity contribution is 0.572. The monoisotopic (exact) mass is 271 g/mol. The average molecular weight is 271 g/mol. The fourth-order valence-corrected chi connectivity index (χ4v) is 2.28. The van der Waals surface area contributed by atoms with Gasteiger partial charge in [0.2, 0.25) is 0 Å². The third-order valence-corrected chi connectivity index (χ3v) is 3.41.